The zero-order valence-corrected chi connectivity index (χ0v) is 14.8. The molecule has 3 aromatic rings. The van der Waals surface area contributed by atoms with Gasteiger partial charge in [0.2, 0.25) is 15.9 Å². The van der Waals surface area contributed by atoms with Crippen LogP contribution in [0, 0.1) is 0 Å². The van der Waals surface area contributed by atoms with E-state index in [1.807, 2.05) is 0 Å². The fourth-order valence-electron chi connectivity index (χ4n) is 2.35. The van der Waals surface area contributed by atoms with Crippen molar-refractivity contribution in [1.29, 1.82) is 0 Å². The summed E-state index contributed by atoms with van der Waals surface area (Å²) in [5, 5.41) is 6.72. The van der Waals surface area contributed by atoms with Crippen molar-refractivity contribution in [2.45, 2.75) is 18.4 Å². The van der Waals surface area contributed by atoms with Gasteiger partial charge in [-0.15, -0.1) is 0 Å². The molecule has 0 aliphatic carbocycles. The summed E-state index contributed by atoms with van der Waals surface area (Å²) in [7, 11) is -3.71. The minimum atomic E-state index is -3.71. The van der Waals surface area contributed by atoms with Crippen LogP contribution >= 0.6 is 0 Å². The Bertz CT molecular complexity index is 999. The summed E-state index contributed by atoms with van der Waals surface area (Å²) in [5.74, 6) is 0.336. The number of aromatic nitrogens is 3. The molecule has 3 rings (SSSR count). The van der Waals surface area contributed by atoms with E-state index >= 15 is 0 Å². The van der Waals surface area contributed by atoms with E-state index in [1.54, 1.807) is 41.5 Å². The van der Waals surface area contributed by atoms with Crippen molar-refractivity contribution in [1.82, 2.24) is 19.5 Å². The minimum absolute atomic E-state index is 0.0683. The molecular weight excluding hydrogens is 354 g/mol. The Morgan fingerprint density at radius 1 is 1.12 bits per heavy atom. The molecule has 8 nitrogen and oxygen atoms in total. The van der Waals surface area contributed by atoms with E-state index in [1.165, 1.54) is 31.2 Å². The van der Waals surface area contributed by atoms with E-state index in [2.05, 4.69) is 20.1 Å². The van der Waals surface area contributed by atoms with E-state index in [0.29, 0.717) is 17.1 Å². The van der Waals surface area contributed by atoms with Gasteiger partial charge in [-0.25, -0.2) is 22.8 Å². The van der Waals surface area contributed by atoms with E-state index in [0.717, 1.165) is 0 Å². The van der Waals surface area contributed by atoms with E-state index in [9.17, 15) is 13.2 Å². The summed E-state index contributed by atoms with van der Waals surface area (Å²) in [6.45, 7) is 1.45. The first-order chi connectivity index (χ1) is 12.5. The highest BCUT2D eigenvalue weighted by Crippen LogP contribution is 2.16. The second-order valence-corrected chi connectivity index (χ2v) is 7.23. The predicted molar refractivity (Wildman–Crippen MR) is 96.1 cm³/mol. The number of hydrogen-bond donors (Lipinski definition) is 2. The average molecular weight is 371 g/mol. The smallest absolute Gasteiger partial charge is 0.240 e. The second-order valence-electron chi connectivity index (χ2n) is 5.47. The SMILES string of the molecule is CC(=O)Nc1ccc(S(=O)(=O)NCc2cccnc2-n2cccn2)cc1. The largest absolute Gasteiger partial charge is 0.326 e. The zero-order valence-electron chi connectivity index (χ0n) is 14.0. The number of benzene rings is 1. The summed E-state index contributed by atoms with van der Waals surface area (Å²) < 4.78 is 29.1. The maximum absolute atomic E-state index is 12.5. The Hall–Kier alpha value is -3.04. The third kappa shape index (κ3) is 4.13. The van der Waals surface area contributed by atoms with E-state index in [4.69, 9.17) is 0 Å². The van der Waals surface area contributed by atoms with Crippen molar-refractivity contribution >= 4 is 21.6 Å². The van der Waals surface area contributed by atoms with Crippen molar-refractivity contribution in [2.24, 2.45) is 0 Å². The van der Waals surface area contributed by atoms with Gasteiger partial charge >= 0.3 is 0 Å². The van der Waals surface area contributed by atoms with Gasteiger partial charge in [0.15, 0.2) is 5.82 Å². The lowest BCUT2D eigenvalue weighted by Gasteiger charge is -2.11. The van der Waals surface area contributed by atoms with Crippen molar-refractivity contribution in [3.05, 3.63) is 66.6 Å². The molecule has 0 atom stereocenters. The highest BCUT2D eigenvalue weighted by atomic mass is 32.2. The lowest BCUT2D eigenvalue weighted by atomic mass is 10.2. The number of nitrogens with zero attached hydrogens (tertiary/aromatic N) is 3. The first-order valence-electron chi connectivity index (χ1n) is 7.77. The molecule has 0 aliphatic heterocycles. The van der Waals surface area contributed by atoms with Crippen LogP contribution in [0.25, 0.3) is 5.82 Å². The number of carbonyl (C=O) groups excluding carboxylic acids is 1. The fourth-order valence-corrected chi connectivity index (χ4v) is 3.35. The summed E-state index contributed by atoms with van der Waals surface area (Å²) >= 11 is 0. The monoisotopic (exact) mass is 371 g/mol. The molecule has 2 N–H and O–H groups in total. The number of amides is 1. The minimum Gasteiger partial charge on any atom is -0.326 e. The van der Waals surface area contributed by atoms with Crippen LogP contribution in [0.1, 0.15) is 12.5 Å². The number of carbonyl (C=O) groups is 1. The standard InChI is InChI=1S/C17H17N5O3S/c1-13(23)21-15-5-7-16(8-6-15)26(24,25)20-12-14-4-2-9-18-17(14)22-11-3-10-19-22/h2-11,20H,12H2,1H3,(H,21,23). The molecule has 9 heteroatoms. The lowest BCUT2D eigenvalue weighted by Crippen LogP contribution is -2.24. The Labute approximate surface area is 150 Å². The lowest BCUT2D eigenvalue weighted by molar-refractivity contribution is -0.114. The topological polar surface area (TPSA) is 106 Å². The van der Waals surface area contributed by atoms with Gasteiger partial charge in [0.25, 0.3) is 0 Å². The van der Waals surface area contributed by atoms with Crippen LogP contribution in [-0.2, 0) is 21.4 Å². The summed E-state index contributed by atoms with van der Waals surface area (Å²) in [6.07, 6.45) is 4.98. The Balaban J connectivity index is 1.76. The highest BCUT2D eigenvalue weighted by Gasteiger charge is 2.15. The normalized spacial score (nSPS) is 11.3. The average Bonchev–Trinajstić information content (AvgIpc) is 3.15. The molecule has 0 aliphatic rings. The molecule has 0 unspecified atom stereocenters. The maximum atomic E-state index is 12.5. The van der Waals surface area contributed by atoms with Crippen LogP contribution in [0.4, 0.5) is 5.69 Å². The number of sulfonamides is 1. The van der Waals surface area contributed by atoms with Crippen LogP contribution in [0.2, 0.25) is 0 Å². The quantitative estimate of drug-likeness (QED) is 0.686. The highest BCUT2D eigenvalue weighted by molar-refractivity contribution is 7.89. The molecule has 26 heavy (non-hydrogen) atoms. The number of anilines is 1. The van der Waals surface area contributed by atoms with Crippen molar-refractivity contribution in [2.75, 3.05) is 5.32 Å². The van der Waals surface area contributed by atoms with Crippen molar-refractivity contribution < 1.29 is 13.2 Å². The summed E-state index contributed by atoms with van der Waals surface area (Å²) in [5.41, 5.74) is 1.22. The maximum Gasteiger partial charge on any atom is 0.240 e. The number of hydrogen-bond acceptors (Lipinski definition) is 5. The van der Waals surface area contributed by atoms with Gasteiger partial charge in [-0.1, -0.05) is 6.07 Å². The van der Waals surface area contributed by atoms with Crippen LogP contribution in [-0.4, -0.2) is 29.1 Å². The molecule has 0 saturated heterocycles. The number of nitrogens with one attached hydrogen (secondary N) is 2. The second kappa shape index (κ2) is 7.46. The fraction of sp³-hybridized carbons (Fsp3) is 0.118. The molecule has 1 amide bonds. The van der Waals surface area contributed by atoms with Gasteiger partial charge in [-0.05, 0) is 36.4 Å². The first kappa shape index (κ1) is 17.8. The Morgan fingerprint density at radius 3 is 2.54 bits per heavy atom. The van der Waals surface area contributed by atoms with Crippen LogP contribution in [0.5, 0.6) is 0 Å². The van der Waals surface area contributed by atoms with Crippen LogP contribution in [0.15, 0.2) is 66.0 Å². The number of pyridine rings is 1. The molecule has 0 radical (unpaired) electrons. The van der Waals surface area contributed by atoms with Gasteiger partial charge in [0.1, 0.15) is 0 Å². The van der Waals surface area contributed by atoms with E-state index in [-0.39, 0.29) is 17.3 Å². The molecule has 0 bridgehead atoms. The van der Waals surface area contributed by atoms with Gasteiger partial charge in [0.05, 0.1) is 4.90 Å². The van der Waals surface area contributed by atoms with Gasteiger partial charge in [0, 0.05) is 43.3 Å². The van der Waals surface area contributed by atoms with Gasteiger partial charge < -0.3 is 5.32 Å². The molecule has 1 aromatic carbocycles. The molecule has 0 spiro atoms. The molecule has 2 heterocycles. The van der Waals surface area contributed by atoms with Gasteiger partial charge in [-0.3, -0.25) is 4.79 Å². The predicted octanol–water partition coefficient (Wildman–Crippen LogP) is 1.70. The van der Waals surface area contributed by atoms with Crippen LogP contribution < -0.4 is 10.0 Å². The molecular formula is C17H17N5O3S. The van der Waals surface area contributed by atoms with Crippen LogP contribution in [0.3, 0.4) is 0 Å². The van der Waals surface area contributed by atoms with Crippen molar-refractivity contribution in [3.63, 3.8) is 0 Å². The van der Waals surface area contributed by atoms with E-state index < -0.39 is 10.0 Å². The Morgan fingerprint density at radius 2 is 1.88 bits per heavy atom. The molecule has 0 saturated carbocycles. The third-order valence-electron chi connectivity index (χ3n) is 3.53. The Kier molecular flexibility index (Phi) is 5.10. The molecule has 0 fully saturated rings. The first-order valence-corrected chi connectivity index (χ1v) is 9.25. The zero-order chi connectivity index (χ0) is 18.6. The molecule has 2 aromatic heterocycles. The van der Waals surface area contributed by atoms with Crippen molar-refractivity contribution in [3.8, 4) is 5.82 Å². The molecule has 134 valence electrons. The number of rotatable bonds is 6. The third-order valence-corrected chi connectivity index (χ3v) is 4.94. The van der Waals surface area contributed by atoms with Gasteiger partial charge in [-0.2, -0.15) is 5.10 Å². The summed E-state index contributed by atoms with van der Waals surface area (Å²) in [4.78, 5) is 15.4. The summed E-state index contributed by atoms with van der Waals surface area (Å²) in [6, 6.07) is 11.2.